The van der Waals surface area contributed by atoms with Crippen LogP contribution in [0.25, 0.3) is 77.1 Å². The number of oxazole rings is 1. The molecule has 0 bridgehead atoms. The van der Waals surface area contributed by atoms with E-state index in [1.165, 1.54) is 0 Å². The summed E-state index contributed by atoms with van der Waals surface area (Å²) in [5, 5.41) is 32.1. The first kappa shape index (κ1) is 64.0. The number of aromatic nitrogens is 3. The number of nitrogens with zero attached hydrogens (tertiary/aromatic N) is 6. The summed E-state index contributed by atoms with van der Waals surface area (Å²) in [6, 6.07) is 90.6. The zero-order chi connectivity index (χ0) is 66.4. The number of rotatable bonds is 24. The van der Waals surface area contributed by atoms with Gasteiger partial charge in [0.25, 0.3) is 0 Å². The summed E-state index contributed by atoms with van der Waals surface area (Å²) in [5.74, 6) is 2.54. The molecule has 97 heavy (non-hydrogen) atoms. The fourth-order valence-electron chi connectivity index (χ4n) is 14.6. The molecule has 3 aromatic heterocycles. The zero-order valence-corrected chi connectivity index (χ0v) is 56.7. The first-order chi connectivity index (χ1) is 47.8. The summed E-state index contributed by atoms with van der Waals surface area (Å²) in [5.41, 5.74) is 10.3. The Bertz CT molecular complexity index is 5020. The second-order valence-corrected chi connectivity index (χ2v) is 26.8. The molecule has 0 saturated heterocycles. The molecule has 0 N–H and O–H groups in total. The monoisotopic (exact) mass is 1280 g/mol. The predicted molar refractivity (Wildman–Crippen MR) is 405 cm³/mol. The Morgan fingerprint density at radius 3 is 1.43 bits per heavy atom. The minimum atomic E-state index is -0.582. The SMILES string of the molecule is CCCCC(CC)COc1ccc(-c2c3/c(=C(\C#N)C4Sc5c(ccc6ccccc56)N4C)n(B(c4ccccc4)c4ccccc4)c(-c4ccc(OCC(CC)CCCC)cc4)c3/c(=C(\C#N)c3nc4ccc5ccccc5c4o3)n2B(c2ccccc2)c2ccccc2)cc1. The highest BCUT2D eigenvalue weighted by Gasteiger charge is 2.40. The Hall–Kier alpha value is -10.4. The van der Waals surface area contributed by atoms with E-state index in [1.54, 1.807) is 11.8 Å². The van der Waals surface area contributed by atoms with Crippen molar-refractivity contribution < 1.29 is 13.9 Å². The van der Waals surface area contributed by atoms with Gasteiger partial charge < -0.3 is 27.7 Å². The summed E-state index contributed by atoms with van der Waals surface area (Å²) in [6.45, 7) is 9.07. The van der Waals surface area contributed by atoms with Crippen molar-refractivity contribution in [3.63, 3.8) is 0 Å². The molecule has 3 unspecified atom stereocenters. The van der Waals surface area contributed by atoms with Crippen LogP contribution in [-0.4, -0.2) is 53.3 Å². The van der Waals surface area contributed by atoms with Crippen molar-refractivity contribution in [1.29, 1.82) is 10.5 Å². The molecule has 1 aliphatic heterocycles. The number of nitriles is 2. The van der Waals surface area contributed by atoms with E-state index in [9.17, 15) is 10.5 Å². The van der Waals surface area contributed by atoms with E-state index in [-0.39, 0.29) is 11.5 Å². The lowest BCUT2D eigenvalue weighted by Gasteiger charge is -2.26. The molecule has 12 heteroatoms. The number of unbranched alkanes of at least 4 members (excludes halogenated alkanes) is 2. The molecule has 0 aliphatic carbocycles. The van der Waals surface area contributed by atoms with E-state index in [0.717, 1.165) is 150 Å². The van der Waals surface area contributed by atoms with Crippen molar-refractivity contribution >= 4 is 108 Å². The molecule has 4 heterocycles. The van der Waals surface area contributed by atoms with Gasteiger partial charge in [-0.1, -0.05) is 282 Å². The van der Waals surface area contributed by atoms with Crippen molar-refractivity contribution in [2.24, 2.45) is 11.8 Å². The van der Waals surface area contributed by atoms with Gasteiger partial charge in [0.1, 0.15) is 34.0 Å². The highest BCUT2D eigenvalue weighted by Crippen LogP contribution is 2.49. The topological polar surface area (TPSA) is 105 Å². The van der Waals surface area contributed by atoms with Crippen LogP contribution in [0.3, 0.4) is 0 Å². The lowest BCUT2D eigenvalue weighted by atomic mass is 9.50. The maximum atomic E-state index is 12.9. The molecule has 3 atom stereocenters. The molecule has 0 fully saturated rings. The summed E-state index contributed by atoms with van der Waals surface area (Å²) < 4.78 is 25.6. The van der Waals surface area contributed by atoms with Crippen LogP contribution in [0.15, 0.2) is 252 Å². The van der Waals surface area contributed by atoms with Gasteiger partial charge in [-0.3, -0.25) is 0 Å². The van der Waals surface area contributed by atoms with Crippen LogP contribution in [0, 0.1) is 34.5 Å². The van der Waals surface area contributed by atoms with Gasteiger partial charge in [-0.15, -0.1) is 0 Å². The smallest absolute Gasteiger partial charge is 0.328 e. The van der Waals surface area contributed by atoms with Crippen LogP contribution < -0.4 is 46.9 Å². The van der Waals surface area contributed by atoms with Gasteiger partial charge in [0, 0.05) is 39.5 Å². The second kappa shape index (κ2) is 28.9. The van der Waals surface area contributed by atoms with E-state index in [4.69, 9.17) is 18.9 Å². The lowest BCUT2D eigenvalue weighted by Crippen LogP contribution is -2.54. The van der Waals surface area contributed by atoms with Crippen molar-refractivity contribution in [2.45, 2.75) is 89.3 Å². The normalized spacial score (nSPS) is 14.1. The van der Waals surface area contributed by atoms with Gasteiger partial charge in [0.05, 0.1) is 41.2 Å². The number of ether oxygens (including phenoxy) is 2. The summed E-state index contributed by atoms with van der Waals surface area (Å²) in [7, 11) is 2.12. The minimum Gasteiger partial charge on any atom is -0.493 e. The Balaban J connectivity index is 1.22. The zero-order valence-electron chi connectivity index (χ0n) is 55.9. The highest BCUT2D eigenvalue weighted by molar-refractivity contribution is 8.01. The van der Waals surface area contributed by atoms with Crippen molar-refractivity contribution in [3.8, 4) is 46.2 Å². The molecule has 1 aliphatic rings. The van der Waals surface area contributed by atoms with Crippen molar-refractivity contribution in [1.82, 2.24) is 13.9 Å². The van der Waals surface area contributed by atoms with Gasteiger partial charge in [-0.05, 0) is 113 Å². The fourth-order valence-corrected chi connectivity index (χ4v) is 16.0. The van der Waals surface area contributed by atoms with Crippen LogP contribution in [0.2, 0.25) is 0 Å². The number of hydrogen-bond acceptors (Lipinski definition) is 8. The maximum Gasteiger partial charge on any atom is 0.328 e. The average molecular weight is 1290 g/mol. The Morgan fingerprint density at radius 1 is 0.515 bits per heavy atom. The number of thioether (sulfide) groups is 1. The minimum absolute atomic E-state index is 0.177. The third-order valence-electron chi connectivity index (χ3n) is 19.7. The Kier molecular flexibility index (Phi) is 19.1. The predicted octanol–water partition coefficient (Wildman–Crippen LogP) is 16.7. The Morgan fingerprint density at radius 2 is 0.959 bits per heavy atom. The molecule has 478 valence electrons. The van der Waals surface area contributed by atoms with E-state index in [2.05, 4.69) is 285 Å². The number of fused-ring (bicyclic) bond motifs is 7. The van der Waals surface area contributed by atoms with E-state index >= 15 is 0 Å². The van der Waals surface area contributed by atoms with Gasteiger partial charge in [0.15, 0.2) is 5.58 Å². The number of anilines is 1. The molecule has 0 saturated carbocycles. The number of hydrogen-bond donors (Lipinski definition) is 0. The van der Waals surface area contributed by atoms with Crippen LogP contribution in [0.4, 0.5) is 5.69 Å². The molecule has 13 aromatic rings. The molecule has 10 aromatic carbocycles. The molecule has 9 nitrogen and oxygen atoms in total. The third-order valence-corrected chi connectivity index (χ3v) is 21.2. The molecule has 14 rings (SSSR count). The summed E-state index contributed by atoms with van der Waals surface area (Å²) in [4.78, 5) is 8.77. The maximum absolute atomic E-state index is 12.9. The summed E-state index contributed by atoms with van der Waals surface area (Å²) in [6.07, 6.45) is 8.82. The van der Waals surface area contributed by atoms with Gasteiger partial charge in [-0.25, -0.2) is 4.98 Å². The van der Waals surface area contributed by atoms with E-state index < -0.39 is 19.1 Å². The fraction of sp³-hybridized carbons (Fsp3) is 0.212. The van der Waals surface area contributed by atoms with Crippen LogP contribution >= 0.6 is 11.8 Å². The van der Waals surface area contributed by atoms with Gasteiger partial charge in [-0.2, -0.15) is 10.5 Å². The number of benzene rings is 10. The van der Waals surface area contributed by atoms with Gasteiger partial charge >= 0.3 is 13.7 Å². The lowest BCUT2D eigenvalue weighted by molar-refractivity contribution is 0.233. The van der Waals surface area contributed by atoms with Crippen molar-refractivity contribution in [2.75, 3.05) is 25.2 Å². The standard InChI is InChI=1S/C85H78B2N6O3S/c1-6-10-28-58(8-3)56-94-68-48-42-62(43-49-68)78-76-77(81(93(78)87(66-36-20-14-21-37-66)67-38-22-15-23-39-67)73(55-89)85-91(5)75-53-47-61-31-25-27-41-71(61)83(75)97-85)79(63-44-50-69(51-45-63)95-57-59(9-4)29-11-7-2)92(86(64-32-16-12-17-33-64)65-34-18-13-19-35-65)80(76)72(54-88)84-90-74-52-46-60-30-24-26-40-70(60)82(74)96-84/h12-27,30-53,58-59,85H,6-11,28-29,56-57H2,1-5H3/b80-72-,81-73-. The average Bonchev–Trinajstić information content (AvgIpc) is 1.52. The van der Waals surface area contributed by atoms with E-state index in [1.807, 2.05) is 18.2 Å². The molecular weight excluding hydrogens is 1210 g/mol. The molecule has 0 amide bonds. The molecule has 0 radical (unpaired) electrons. The van der Waals surface area contributed by atoms with E-state index in [0.29, 0.717) is 52.4 Å². The molecule has 0 spiro atoms. The highest BCUT2D eigenvalue weighted by atomic mass is 32.2. The van der Waals surface area contributed by atoms with Gasteiger partial charge in [0.2, 0.25) is 5.89 Å². The first-order valence-corrected chi connectivity index (χ1v) is 35.4. The van der Waals surface area contributed by atoms with Crippen LogP contribution in [0.1, 0.15) is 85.0 Å². The second-order valence-electron chi connectivity index (χ2n) is 25.7. The third kappa shape index (κ3) is 12.4. The Labute approximate surface area is 574 Å². The van der Waals surface area contributed by atoms with Crippen molar-refractivity contribution in [3.05, 3.63) is 259 Å². The largest absolute Gasteiger partial charge is 0.493 e. The summed E-state index contributed by atoms with van der Waals surface area (Å²) >= 11 is 1.71. The first-order valence-electron chi connectivity index (χ1n) is 34.6. The van der Waals surface area contributed by atoms with Crippen LogP contribution in [0.5, 0.6) is 11.5 Å². The molecular formula is C85H78B2N6O3S. The van der Waals surface area contributed by atoms with Crippen LogP contribution in [-0.2, 0) is 0 Å². The quantitative estimate of drug-likeness (QED) is 0.0551.